The van der Waals surface area contributed by atoms with E-state index in [4.69, 9.17) is 45.6 Å². The van der Waals surface area contributed by atoms with Crippen molar-refractivity contribution >= 4 is 47.0 Å². The third kappa shape index (κ3) is 4.93. The second-order valence-electron chi connectivity index (χ2n) is 3.79. The van der Waals surface area contributed by atoms with Gasteiger partial charge in [0.05, 0.1) is 6.04 Å². The molecule has 1 heterocycles. The number of rotatable bonds is 2. The van der Waals surface area contributed by atoms with Gasteiger partial charge in [0.15, 0.2) is 0 Å². The number of hydrogen-bond donors (Lipinski definition) is 3. The number of carbonyl (C=O) groups is 2. The SMILES string of the molecule is N[C@@H]1CN(C(=O)O)C[C@@H]1NC(=O)OCC(Cl)(Cl)Cl. The van der Waals surface area contributed by atoms with Crippen LogP contribution in [0.25, 0.3) is 0 Å². The van der Waals surface area contributed by atoms with E-state index in [2.05, 4.69) is 10.1 Å². The predicted molar refractivity (Wildman–Crippen MR) is 66.1 cm³/mol. The van der Waals surface area contributed by atoms with Gasteiger partial charge in [-0.25, -0.2) is 9.59 Å². The number of alkyl halides is 3. The van der Waals surface area contributed by atoms with Gasteiger partial charge in [-0.05, 0) is 0 Å². The number of ether oxygens (including phenoxy) is 1. The molecule has 0 aromatic carbocycles. The van der Waals surface area contributed by atoms with Crippen LogP contribution in [0.4, 0.5) is 9.59 Å². The van der Waals surface area contributed by atoms with Crippen LogP contribution in [0.1, 0.15) is 0 Å². The van der Waals surface area contributed by atoms with E-state index in [1.165, 1.54) is 0 Å². The van der Waals surface area contributed by atoms with Crippen molar-refractivity contribution in [2.75, 3.05) is 19.7 Å². The Hall–Kier alpha value is -0.630. The second kappa shape index (κ2) is 6.01. The molecule has 1 saturated heterocycles. The molecule has 10 heteroatoms. The number of carboxylic acid groups (broad SMARTS) is 1. The van der Waals surface area contributed by atoms with Gasteiger partial charge in [-0.1, -0.05) is 34.8 Å². The number of nitrogens with zero attached hydrogens (tertiary/aromatic N) is 1. The minimum absolute atomic E-state index is 0.0966. The van der Waals surface area contributed by atoms with Crippen LogP contribution in [0.2, 0.25) is 0 Å². The van der Waals surface area contributed by atoms with Crippen LogP contribution in [0, 0.1) is 0 Å². The zero-order chi connectivity index (χ0) is 13.9. The molecule has 104 valence electrons. The van der Waals surface area contributed by atoms with Crippen molar-refractivity contribution in [1.82, 2.24) is 10.2 Å². The van der Waals surface area contributed by atoms with E-state index < -0.39 is 34.7 Å². The number of nitrogens with two attached hydrogens (primary N) is 1. The van der Waals surface area contributed by atoms with Crippen LogP contribution in [0.3, 0.4) is 0 Å². The fourth-order valence-electron chi connectivity index (χ4n) is 1.48. The normalized spacial score (nSPS) is 23.9. The number of nitrogens with one attached hydrogen (secondary N) is 1. The molecule has 1 aliphatic rings. The largest absolute Gasteiger partial charge is 0.465 e. The molecular formula is C8H12Cl3N3O4. The highest BCUT2D eigenvalue weighted by Gasteiger charge is 2.34. The molecule has 0 spiro atoms. The lowest BCUT2D eigenvalue weighted by Crippen LogP contribution is -2.47. The molecule has 0 saturated carbocycles. The number of amides is 2. The maximum absolute atomic E-state index is 11.3. The highest BCUT2D eigenvalue weighted by molar-refractivity contribution is 6.67. The standard InChI is InChI=1S/C8H12Cl3N3O4/c9-8(10,11)3-18-6(15)13-5-2-14(7(16)17)1-4(5)12/h4-5H,1-3,12H2,(H,13,15)(H,16,17)/t4-,5+/m1/s1. The zero-order valence-corrected chi connectivity index (χ0v) is 11.4. The molecule has 7 nitrogen and oxygen atoms in total. The van der Waals surface area contributed by atoms with E-state index in [0.29, 0.717) is 0 Å². The Bertz CT molecular complexity index is 336. The van der Waals surface area contributed by atoms with Crippen molar-refractivity contribution in [2.24, 2.45) is 5.73 Å². The van der Waals surface area contributed by atoms with Crippen molar-refractivity contribution in [3.63, 3.8) is 0 Å². The highest BCUT2D eigenvalue weighted by Crippen LogP contribution is 2.25. The van der Waals surface area contributed by atoms with Crippen molar-refractivity contribution in [2.45, 2.75) is 15.9 Å². The predicted octanol–water partition coefficient (Wildman–Crippen LogP) is 0.772. The van der Waals surface area contributed by atoms with Crippen LogP contribution in [0.5, 0.6) is 0 Å². The van der Waals surface area contributed by atoms with Gasteiger partial charge in [0, 0.05) is 19.1 Å². The lowest BCUT2D eigenvalue weighted by atomic mass is 10.2. The molecule has 0 radical (unpaired) electrons. The minimum atomic E-state index is -1.69. The summed E-state index contributed by atoms with van der Waals surface area (Å²) in [4.78, 5) is 23.1. The number of halogens is 3. The molecule has 2 atom stereocenters. The zero-order valence-electron chi connectivity index (χ0n) is 9.11. The van der Waals surface area contributed by atoms with E-state index in [1.807, 2.05) is 0 Å². The molecule has 1 aliphatic heterocycles. The molecule has 0 aromatic heterocycles. The fourth-order valence-corrected chi connectivity index (χ4v) is 1.64. The summed E-state index contributed by atoms with van der Waals surface area (Å²) < 4.78 is 2.95. The summed E-state index contributed by atoms with van der Waals surface area (Å²) in [6, 6.07) is -1.02. The summed E-state index contributed by atoms with van der Waals surface area (Å²) in [6.45, 7) is -0.168. The lowest BCUT2D eigenvalue weighted by molar-refractivity contribution is 0.141. The monoisotopic (exact) mass is 319 g/mol. The van der Waals surface area contributed by atoms with Gasteiger partial charge >= 0.3 is 12.2 Å². The maximum Gasteiger partial charge on any atom is 0.407 e. The van der Waals surface area contributed by atoms with Crippen LogP contribution >= 0.6 is 34.8 Å². The number of hydrogen-bond acceptors (Lipinski definition) is 4. The third-order valence-electron chi connectivity index (χ3n) is 2.31. The average molecular weight is 321 g/mol. The van der Waals surface area contributed by atoms with Gasteiger partial charge in [0.2, 0.25) is 3.79 Å². The van der Waals surface area contributed by atoms with Crippen LogP contribution in [0.15, 0.2) is 0 Å². The van der Waals surface area contributed by atoms with E-state index >= 15 is 0 Å². The fraction of sp³-hybridized carbons (Fsp3) is 0.750. The molecular weight excluding hydrogens is 308 g/mol. The minimum Gasteiger partial charge on any atom is -0.465 e. The Morgan fingerprint density at radius 2 is 2.06 bits per heavy atom. The average Bonchev–Trinajstić information content (AvgIpc) is 2.57. The smallest absolute Gasteiger partial charge is 0.407 e. The van der Waals surface area contributed by atoms with E-state index in [0.717, 1.165) is 4.90 Å². The topological polar surface area (TPSA) is 105 Å². The highest BCUT2D eigenvalue weighted by atomic mass is 35.6. The Labute approximate surface area is 118 Å². The molecule has 2 amide bonds. The summed E-state index contributed by atoms with van der Waals surface area (Å²) in [5.74, 6) is 0. The third-order valence-corrected chi connectivity index (χ3v) is 2.63. The van der Waals surface area contributed by atoms with Crippen LogP contribution in [-0.4, -0.2) is 57.8 Å². The summed E-state index contributed by atoms with van der Waals surface area (Å²) in [5, 5.41) is 11.2. The lowest BCUT2D eigenvalue weighted by Gasteiger charge is -2.17. The van der Waals surface area contributed by atoms with Gasteiger partial charge in [0.1, 0.15) is 6.61 Å². The molecule has 0 unspecified atom stereocenters. The molecule has 0 aromatic rings. The van der Waals surface area contributed by atoms with Crippen molar-refractivity contribution in [3.05, 3.63) is 0 Å². The second-order valence-corrected chi connectivity index (χ2v) is 6.31. The van der Waals surface area contributed by atoms with Crippen LogP contribution < -0.4 is 11.1 Å². The van der Waals surface area contributed by atoms with Crippen LogP contribution in [-0.2, 0) is 4.74 Å². The van der Waals surface area contributed by atoms with E-state index in [9.17, 15) is 9.59 Å². The van der Waals surface area contributed by atoms with Gasteiger partial charge in [0.25, 0.3) is 0 Å². The van der Waals surface area contributed by atoms with Gasteiger partial charge < -0.3 is 25.8 Å². The summed E-state index contributed by atoms with van der Waals surface area (Å²) in [5.41, 5.74) is 5.68. The molecule has 1 rings (SSSR count). The Morgan fingerprint density at radius 3 is 2.50 bits per heavy atom. The maximum atomic E-state index is 11.3. The van der Waals surface area contributed by atoms with Gasteiger partial charge in [-0.2, -0.15) is 0 Å². The molecule has 0 bridgehead atoms. The Morgan fingerprint density at radius 1 is 1.44 bits per heavy atom. The van der Waals surface area contributed by atoms with Gasteiger partial charge in [-0.15, -0.1) is 0 Å². The first kappa shape index (κ1) is 15.4. The van der Waals surface area contributed by atoms with E-state index in [1.54, 1.807) is 0 Å². The quantitative estimate of drug-likeness (QED) is 0.652. The number of alkyl carbamates (subject to hydrolysis) is 1. The van der Waals surface area contributed by atoms with Crippen molar-refractivity contribution < 1.29 is 19.4 Å². The molecule has 0 aliphatic carbocycles. The number of carbonyl (C=O) groups excluding carboxylic acids is 1. The van der Waals surface area contributed by atoms with E-state index in [-0.39, 0.29) is 13.1 Å². The first-order chi connectivity index (χ1) is 8.19. The summed E-state index contributed by atoms with van der Waals surface area (Å²) in [7, 11) is 0. The summed E-state index contributed by atoms with van der Waals surface area (Å²) in [6.07, 6.45) is -1.90. The molecule has 1 fully saturated rings. The number of likely N-dealkylation sites (tertiary alicyclic amines) is 1. The molecule has 18 heavy (non-hydrogen) atoms. The van der Waals surface area contributed by atoms with Crippen molar-refractivity contribution in [1.29, 1.82) is 0 Å². The molecule has 4 N–H and O–H groups in total. The van der Waals surface area contributed by atoms with Gasteiger partial charge in [-0.3, -0.25) is 0 Å². The summed E-state index contributed by atoms with van der Waals surface area (Å²) >= 11 is 16.2. The first-order valence-corrected chi connectivity index (χ1v) is 6.06. The first-order valence-electron chi connectivity index (χ1n) is 4.92. The Balaban J connectivity index is 2.39. The Kier molecular flexibility index (Phi) is 5.15. The van der Waals surface area contributed by atoms with Crippen molar-refractivity contribution in [3.8, 4) is 0 Å².